The Balaban J connectivity index is 1.64. The van der Waals surface area contributed by atoms with Crippen molar-refractivity contribution in [2.45, 2.75) is 6.04 Å². The van der Waals surface area contributed by atoms with Crippen molar-refractivity contribution in [3.8, 4) is 0 Å². The van der Waals surface area contributed by atoms with Gasteiger partial charge in [-0.3, -0.25) is 9.69 Å². The zero-order valence-corrected chi connectivity index (χ0v) is 15.5. The van der Waals surface area contributed by atoms with Crippen LogP contribution in [-0.4, -0.2) is 55.0 Å². The highest BCUT2D eigenvalue weighted by molar-refractivity contribution is 7.99. The predicted octanol–water partition coefficient (Wildman–Crippen LogP) is 2.59. The minimum Gasteiger partial charge on any atom is -0.468 e. The highest BCUT2D eigenvalue weighted by Gasteiger charge is 2.25. The molecule has 1 N–H and O–H groups in total. The van der Waals surface area contributed by atoms with Gasteiger partial charge < -0.3 is 14.5 Å². The Hall–Kier alpha value is -2.25. The predicted molar refractivity (Wildman–Crippen MR) is 100 cm³/mol. The van der Waals surface area contributed by atoms with Crippen LogP contribution in [0.25, 0.3) is 0 Å². The maximum absolute atomic E-state index is 12.5. The van der Waals surface area contributed by atoms with Gasteiger partial charge in [0.15, 0.2) is 0 Å². The number of nitrogens with one attached hydrogen (secondary N) is 1. The molecule has 1 aromatic heterocycles. The molecule has 7 heteroatoms. The highest BCUT2D eigenvalue weighted by Crippen LogP contribution is 2.24. The summed E-state index contributed by atoms with van der Waals surface area (Å²) in [6.07, 6.45) is 1.66. The van der Waals surface area contributed by atoms with Crippen LogP contribution >= 0.6 is 11.8 Å². The number of hydrogen-bond acceptors (Lipinski definition) is 6. The van der Waals surface area contributed by atoms with Crippen molar-refractivity contribution >= 4 is 23.6 Å². The van der Waals surface area contributed by atoms with Gasteiger partial charge in [0, 0.05) is 36.7 Å². The van der Waals surface area contributed by atoms with Crippen molar-refractivity contribution in [2.75, 3.05) is 38.2 Å². The average Bonchev–Trinajstić information content (AvgIpc) is 3.23. The smallest absolute Gasteiger partial charge is 0.337 e. The van der Waals surface area contributed by atoms with Gasteiger partial charge in [0.25, 0.3) is 5.91 Å². The van der Waals surface area contributed by atoms with E-state index in [9.17, 15) is 9.59 Å². The topological polar surface area (TPSA) is 71.8 Å². The summed E-state index contributed by atoms with van der Waals surface area (Å²) < 4.78 is 10.3. The zero-order chi connectivity index (χ0) is 18.4. The first-order valence-electron chi connectivity index (χ1n) is 8.51. The summed E-state index contributed by atoms with van der Waals surface area (Å²) in [6.45, 7) is 2.41. The molecule has 0 unspecified atom stereocenters. The second-order valence-corrected chi connectivity index (χ2v) is 7.18. The van der Waals surface area contributed by atoms with Crippen LogP contribution in [0.2, 0.25) is 0 Å². The number of carbonyl (C=O) groups excluding carboxylic acids is 2. The SMILES string of the molecule is COC(=O)c1ccc(C(=O)NC[C@H](c2ccco2)N2CCSCC2)cc1. The standard InChI is InChI=1S/C19H22N2O4S/c1-24-19(23)15-6-4-14(5-7-15)18(22)20-13-16(17-3-2-10-25-17)21-8-11-26-12-9-21/h2-7,10,16H,8-9,11-13H2,1H3,(H,20,22)/t16-/m1/s1. The quantitative estimate of drug-likeness (QED) is 0.784. The third-order valence-electron chi connectivity index (χ3n) is 4.38. The molecule has 1 aromatic carbocycles. The van der Waals surface area contributed by atoms with E-state index in [1.165, 1.54) is 7.11 Å². The Bertz CT molecular complexity index is 725. The maximum Gasteiger partial charge on any atom is 0.337 e. The number of furan rings is 1. The van der Waals surface area contributed by atoms with Gasteiger partial charge in [-0.05, 0) is 36.4 Å². The van der Waals surface area contributed by atoms with Crippen LogP contribution < -0.4 is 5.32 Å². The third kappa shape index (κ3) is 4.47. The molecule has 3 rings (SSSR count). The van der Waals surface area contributed by atoms with Crippen LogP contribution in [0, 0.1) is 0 Å². The van der Waals surface area contributed by atoms with Gasteiger partial charge in [0.05, 0.1) is 25.0 Å². The monoisotopic (exact) mass is 374 g/mol. The number of thioether (sulfide) groups is 1. The van der Waals surface area contributed by atoms with Crippen molar-refractivity contribution in [3.05, 3.63) is 59.5 Å². The van der Waals surface area contributed by atoms with Crippen molar-refractivity contribution in [1.82, 2.24) is 10.2 Å². The molecule has 0 bridgehead atoms. The normalized spacial score (nSPS) is 16.0. The summed E-state index contributed by atoms with van der Waals surface area (Å²) in [7, 11) is 1.33. The second-order valence-electron chi connectivity index (χ2n) is 5.96. The van der Waals surface area contributed by atoms with Gasteiger partial charge in [-0.15, -0.1) is 0 Å². The Morgan fingerprint density at radius 3 is 2.50 bits per heavy atom. The fraction of sp³-hybridized carbons (Fsp3) is 0.368. The molecular weight excluding hydrogens is 352 g/mol. The number of ether oxygens (including phenoxy) is 1. The number of nitrogens with zero attached hydrogens (tertiary/aromatic N) is 1. The molecule has 138 valence electrons. The Kier molecular flexibility index (Phi) is 6.35. The number of carbonyl (C=O) groups is 2. The fourth-order valence-electron chi connectivity index (χ4n) is 2.95. The Morgan fingerprint density at radius 1 is 1.19 bits per heavy atom. The van der Waals surface area contributed by atoms with Gasteiger partial charge in [0.2, 0.25) is 0 Å². The Morgan fingerprint density at radius 2 is 1.88 bits per heavy atom. The first-order chi connectivity index (χ1) is 12.7. The number of rotatable bonds is 6. The number of methoxy groups -OCH3 is 1. The summed E-state index contributed by atoms with van der Waals surface area (Å²) in [6, 6.07) is 10.3. The average molecular weight is 374 g/mol. The van der Waals surface area contributed by atoms with Crippen LogP contribution in [0.3, 0.4) is 0 Å². The van der Waals surface area contributed by atoms with Gasteiger partial charge >= 0.3 is 5.97 Å². The van der Waals surface area contributed by atoms with Gasteiger partial charge in [-0.1, -0.05) is 0 Å². The molecule has 1 saturated heterocycles. The summed E-state index contributed by atoms with van der Waals surface area (Å²) in [5.74, 6) is 2.43. The molecule has 0 aliphatic carbocycles. The zero-order valence-electron chi connectivity index (χ0n) is 14.6. The van der Waals surface area contributed by atoms with E-state index in [1.54, 1.807) is 30.5 Å². The molecule has 1 aliphatic rings. The molecule has 0 radical (unpaired) electrons. The minimum atomic E-state index is -0.419. The number of esters is 1. The van der Waals surface area contributed by atoms with E-state index in [2.05, 4.69) is 15.0 Å². The van der Waals surface area contributed by atoms with Gasteiger partial charge in [0.1, 0.15) is 5.76 Å². The van der Waals surface area contributed by atoms with Crippen molar-refractivity contribution in [1.29, 1.82) is 0 Å². The lowest BCUT2D eigenvalue weighted by Crippen LogP contribution is -2.41. The van der Waals surface area contributed by atoms with E-state index < -0.39 is 5.97 Å². The van der Waals surface area contributed by atoms with Crippen LogP contribution in [-0.2, 0) is 4.74 Å². The van der Waals surface area contributed by atoms with E-state index in [4.69, 9.17) is 4.42 Å². The van der Waals surface area contributed by atoms with Crippen LogP contribution in [0.15, 0.2) is 47.1 Å². The molecule has 1 fully saturated rings. The second kappa shape index (κ2) is 8.91. The lowest BCUT2D eigenvalue weighted by molar-refractivity contribution is 0.0600. The molecule has 1 atom stereocenters. The van der Waals surface area contributed by atoms with Crippen molar-refractivity contribution in [2.24, 2.45) is 0 Å². The summed E-state index contributed by atoms with van der Waals surface area (Å²) >= 11 is 1.94. The fourth-order valence-corrected chi connectivity index (χ4v) is 3.88. The molecule has 1 amide bonds. The van der Waals surface area contributed by atoms with Crippen LogP contribution in [0.4, 0.5) is 0 Å². The minimum absolute atomic E-state index is 0.0178. The van der Waals surface area contributed by atoms with Gasteiger partial charge in [-0.25, -0.2) is 4.79 Å². The molecule has 26 heavy (non-hydrogen) atoms. The van der Waals surface area contributed by atoms with Crippen LogP contribution in [0.5, 0.6) is 0 Å². The van der Waals surface area contributed by atoms with E-state index in [1.807, 2.05) is 23.9 Å². The first-order valence-corrected chi connectivity index (χ1v) is 9.66. The first kappa shape index (κ1) is 18.5. The van der Waals surface area contributed by atoms with E-state index in [0.29, 0.717) is 17.7 Å². The van der Waals surface area contributed by atoms with Crippen molar-refractivity contribution in [3.63, 3.8) is 0 Å². The molecule has 1 aliphatic heterocycles. The molecule has 6 nitrogen and oxygen atoms in total. The lowest BCUT2D eigenvalue weighted by atomic mass is 10.1. The third-order valence-corrected chi connectivity index (χ3v) is 5.32. The molecule has 2 aromatic rings. The number of hydrogen-bond donors (Lipinski definition) is 1. The van der Waals surface area contributed by atoms with Gasteiger partial charge in [-0.2, -0.15) is 11.8 Å². The van der Waals surface area contributed by atoms with E-state index >= 15 is 0 Å². The molecular formula is C19H22N2O4S. The lowest BCUT2D eigenvalue weighted by Gasteiger charge is -2.33. The van der Waals surface area contributed by atoms with Crippen molar-refractivity contribution < 1.29 is 18.7 Å². The number of amides is 1. The maximum atomic E-state index is 12.5. The molecule has 2 heterocycles. The molecule has 0 spiro atoms. The van der Waals surface area contributed by atoms with E-state index in [0.717, 1.165) is 30.4 Å². The number of benzene rings is 1. The van der Waals surface area contributed by atoms with Crippen LogP contribution in [0.1, 0.15) is 32.5 Å². The summed E-state index contributed by atoms with van der Waals surface area (Å²) in [5, 5.41) is 2.98. The Labute approximate surface area is 156 Å². The highest BCUT2D eigenvalue weighted by atomic mass is 32.2. The summed E-state index contributed by atoms with van der Waals surface area (Å²) in [4.78, 5) is 26.3. The van der Waals surface area contributed by atoms with E-state index in [-0.39, 0.29) is 11.9 Å². The summed E-state index contributed by atoms with van der Waals surface area (Å²) in [5.41, 5.74) is 0.924. The molecule has 0 saturated carbocycles. The largest absolute Gasteiger partial charge is 0.468 e.